The Bertz CT molecular complexity index is 198. The molecule has 0 aromatic carbocycles. The van der Waals surface area contributed by atoms with Gasteiger partial charge in [0.05, 0.1) is 0 Å². The largest absolute Gasteiger partial charge is 0.480 e. The summed E-state index contributed by atoms with van der Waals surface area (Å²) in [5.74, 6) is 1.43. The fourth-order valence-electron chi connectivity index (χ4n) is 0.841. The smallest absolute Gasteiger partial charge is 0.321 e. The molecule has 68 valence electrons. The van der Waals surface area contributed by atoms with Crippen LogP contribution in [0.5, 0.6) is 0 Å². The molecule has 0 saturated carbocycles. The Morgan fingerprint density at radius 3 is 2.42 bits per heavy atom. The van der Waals surface area contributed by atoms with Crippen LogP contribution in [-0.4, -0.2) is 22.7 Å². The summed E-state index contributed by atoms with van der Waals surface area (Å²) in [4.78, 5) is 10.6. The van der Waals surface area contributed by atoms with Crippen LogP contribution in [0.4, 0.5) is 0 Å². The van der Waals surface area contributed by atoms with E-state index in [1.165, 1.54) is 0 Å². The number of terminal acetylenes is 1. The van der Waals surface area contributed by atoms with Gasteiger partial charge in [0, 0.05) is 12.0 Å². The molecule has 1 atom stereocenters. The molecule has 0 fully saturated rings. The molecule has 0 aromatic rings. The summed E-state index contributed by atoms with van der Waals surface area (Å²) < 4.78 is 0. The average molecular weight is 169 g/mol. The van der Waals surface area contributed by atoms with Gasteiger partial charge in [0.15, 0.2) is 0 Å². The second kappa shape index (κ2) is 4.13. The minimum Gasteiger partial charge on any atom is -0.480 e. The first-order valence-corrected chi connectivity index (χ1v) is 3.81. The Balaban J connectivity index is 4.16. The van der Waals surface area contributed by atoms with Crippen molar-refractivity contribution in [3.63, 3.8) is 0 Å². The molecule has 0 radical (unpaired) electrons. The second-order valence-corrected chi connectivity index (χ2v) is 3.69. The van der Waals surface area contributed by atoms with Crippen LogP contribution in [0.1, 0.15) is 27.2 Å². The van der Waals surface area contributed by atoms with Gasteiger partial charge in [-0.25, -0.2) is 0 Å². The lowest BCUT2D eigenvalue weighted by Gasteiger charge is -2.24. The van der Waals surface area contributed by atoms with Crippen LogP contribution in [0.15, 0.2) is 0 Å². The molecule has 0 saturated heterocycles. The summed E-state index contributed by atoms with van der Waals surface area (Å²) in [5.41, 5.74) is -0.222. The number of aliphatic carboxylic acids is 1. The zero-order valence-corrected chi connectivity index (χ0v) is 7.72. The summed E-state index contributed by atoms with van der Waals surface area (Å²) in [6.07, 6.45) is 5.25. The molecular formula is C9H15NO2. The van der Waals surface area contributed by atoms with Crippen LogP contribution in [0.3, 0.4) is 0 Å². The first kappa shape index (κ1) is 11.0. The van der Waals surface area contributed by atoms with Crippen LogP contribution in [0.25, 0.3) is 0 Å². The van der Waals surface area contributed by atoms with Crippen LogP contribution in [0, 0.1) is 12.3 Å². The van der Waals surface area contributed by atoms with E-state index in [4.69, 9.17) is 11.5 Å². The third-order valence-electron chi connectivity index (χ3n) is 1.23. The van der Waals surface area contributed by atoms with Crippen molar-refractivity contribution in [1.82, 2.24) is 5.32 Å². The highest BCUT2D eigenvalue weighted by atomic mass is 16.4. The lowest BCUT2D eigenvalue weighted by Crippen LogP contribution is -2.47. The number of nitrogens with one attached hydrogen (secondary N) is 1. The van der Waals surface area contributed by atoms with Crippen molar-refractivity contribution in [1.29, 1.82) is 0 Å². The number of carbonyl (C=O) groups is 1. The van der Waals surface area contributed by atoms with E-state index in [1.807, 2.05) is 20.8 Å². The van der Waals surface area contributed by atoms with E-state index in [0.29, 0.717) is 0 Å². The third-order valence-corrected chi connectivity index (χ3v) is 1.23. The summed E-state index contributed by atoms with van der Waals surface area (Å²) in [7, 11) is 0. The molecule has 2 N–H and O–H groups in total. The van der Waals surface area contributed by atoms with Gasteiger partial charge in [-0.15, -0.1) is 12.3 Å². The fourth-order valence-corrected chi connectivity index (χ4v) is 0.841. The van der Waals surface area contributed by atoms with Crippen molar-refractivity contribution in [2.45, 2.75) is 38.8 Å². The Morgan fingerprint density at radius 1 is 1.67 bits per heavy atom. The van der Waals surface area contributed by atoms with Gasteiger partial charge in [0.25, 0.3) is 0 Å². The molecule has 12 heavy (non-hydrogen) atoms. The van der Waals surface area contributed by atoms with Gasteiger partial charge in [-0.2, -0.15) is 0 Å². The second-order valence-electron chi connectivity index (χ2n) is 3.69. The monoisotopic (exact) mass is 169 g/mol. The molecule has 0 aliphatic carbocycles. The topological polar surface area (TPSA) is 49.3 Å². The maximum Gasteiger partial charge on any atom is 0.321 e. The van der Waals surface area contributed by atoms with E-state index < -0.39 is 12.0 Å². The van der Waals surface area contributed by atoms with Crippen LogP contribution < -0.4 is 5.32 Å². The maximum absolute atomic E-state index is 10.6. The molecule has 0 heterocycles. The van der Waals surface area contributed by atoms with Crippen LogP contribution >= 0.6 is 0 Å². The standard InChI is InChI=1S/C9H15NO2/c1-5-6-7(8(11)12)10-9(2,3)4/h1,7,10H,6H2,2-4H3,(H,11,12). The van der Waals surface area contributed by atoms with Gasteiger partial charge in [-0.05, 0) is 20.8 Å². The number of carboxylic acid groups (broad SMARTS) is 1. The van der Waals surface area contributed by atoms with Crippen molar-refractivity contribution >= 4 is 5.97 Å². The van der Waals surface area contributed by atoms with Crippen molar-refractivity contribution in [2.24, 2.45) is 0 Å². The molecule has 0 spiro atoms. The zero-order chi connectivity index (χ0) is 9.78. The summed E-state index contributed by atoms with van der Waals surface area (Å²) in [6, 6.07) is -0.644. The maximum atomic E-state index is 10.6. The molecule has 0 aromatic heterocycles. The number of hydrogen-bond donors (Lipinski definition) is 2. The third kappa shape index (κ3) is 4.75. The Morgan fingerprint density at radius 2 is 2.17 bits per heavy atom. The normalized spacial score (nSPS) is 13.5. The molecule has 0 rings (SSSR count). The predicted molar refractivity (Wildman–Crippen MR) is 47.8 cm³/mol. The average Bonchev–Trinajstić information content (AvgIpc) is 1.83. The van der Waals surface area contributed by atoms with E-state index in [1.54, 1.807) is 0 Å². The minimum atomic E-state index is -0.900. The van der Waals surface area contributed by atoms with Gasteiger partial charge >= 0.3 is 5.97 Å². The minimum absolute atomic E-state index is 0.215. The molecule has 0 bridgehead atoms. The Labute approximate surface area is 73.2 Å². The summed E-state index contributed by atoms with van der Waals surface area (Å²) in [5, 5.41) is 11.6. The molecule has 1 unspecified atom stereocenters. The highest BCUT2D eigenvalue weighted by Gasteiger charge is 2.21. The number of hydrogen-bond acceptors (Lipinski definition) is 2. The van der Waals surface area contributed by atoms with Crippen LogP contribution in [-0.2, 0) is 4.79 Å². The Kier molecular flexibility index (Phi) is 3.78. The molecule has 3 heteroatoms. The van der Waals surface area contributed by atoms with Gasteiger partial charge in [0.1, 0.15) is 6.04 Å². The van der Waals surface area contributed by atoms with E-state index in [-0.39, 0.29) is 12.0 Å². The number of carboxylic acids is 1. The van der Waals surface area contributed by atoms with Gasteiger partial charge < -0.3 is 5.11 Å². The molecule has 0 aliphatic heterocycles. The quantitative estimate of drug-likeness (QED) is 0.616. The lowest BCUT2D eigenvalue weighted by atomic mass is 10.1. The molecule has 3 nitrogen and oxygen atoms in total. The molecule has 0 aliphatic rings. The van der Waals surface area contributed by atoms with Gasteiger partial charge in [0.2, 0.25) is 0 Å². The van der Waals surface area contributed by atoms with Gasteiger partial charge in [-0.3, -0.25) is 10.1 Å². The number of rotatable bonds is 3. The first-order chi connectivity index (χ1) is 5.37. The van der Waals surface area contributed by atoms with Crippen molar-refractivity contribution < 1.29 is 9.90 Å². The zero-order valence-electron chi connectivity index (χ0n) is 7.72. The van der Waals surface area contributed by atoms with E-state index in [2.05, 4.69) is 11.2 Å². The first-order valence-electron chi connectivity index (χ1n) is 3.81. The molecule has 0 amide bonds. The van der Waals surface area contributed by atoms with E-state index in [9.17, 15) is 4.79 Å². The highest BCUT2D eigenvalue weighted by molar-refractivity contribution is 5.73. The van der Waals surface area contributed by atoms with Crippen molar-refractivity contribution in [3.05, 3.63) is 0 Å². The molecular weight excluding hydrogens is 154 g/mol. The summed E-state index contributed by atoms with van der Waals surface area (Å²) in [6.45, 7) is 5.71. The van der Waals surface area contributed by atoms with Crippen molar-refractivity contribution in [2.75, 3.05) is 0 Å². The van der Waals surface area contributed by atoms with E-state index in [0.717, 1.165) is 0 Å². The van der Waals surface area contributed by atoms with Crippen LogP contribution in [0.2, 0.25) is 0 Å². The SMILES string of the molecule is C#CCC(NC(C)(C)C)C(=O)O. The summed E-state index contributed by atoms with van der Waals surface area (Å²) >= 11 is 0. The predicted octanol–water partition coefficient (Wildman–Crippen LogP) is 0.851. The fraction of sp³-hybridized carbons (Fsp3) is 0.667. The lowest BCUT2D eigenvalue weighted by molar-refractivity contribution is -0.139. The Hall–Kier alpha value is -1.01. The van der Waals surface area contributed by atoms with Crippen molar-refractivity contribution in [3.8, 4) is 12.3 Å². The van der Waals surface area contributed by atoms with Gasteiger partial charge in [-0.1, -0.05) is 0 Å². The highest BCUT2D eigenvalue weighted by Crippen LogP contribution is 2.03. The van der Waals surface area contributed by atoms with E-state index >= 15 is 0 Å².